The second-order valence-electron chi connectivity index (χ2n) is 7.58. The van der Waals surface area contributed by atoms with Gasteiger partial charge in [0, 0.05) is 29.7 Å². The average molecular weight is 488 g/mol. The van der Waals surface area contributed by atoms with Crippen molar-refractivity contribution in [3.05, 3.63) is 64.6 Å². The quantitative estimate of drug-likeness (QED) is 0.512. The Balaban J connectivity index is 1.42. The lowest BCUT2D eigenvalue weighted by Crippen LogP contribution is -2.35. The molecule has 1 fully saturated rings. The van der Waals surface area contributed by atoms with Crippen LogP contribution in [0.15, 0.2) is 58.3 Å². The molecule has 0 aliphatic carbocycles. The first-order chi connectivity index (χ1) is 16.0. The highest BCUT2D eigenvalue weighted by atomic mass is 32.2. The Morgan fingerprint density at radius 3 is 2.52 bits per heavy atom. The predicted molar refractivity (Wildman–Crippen MR) is 126 cm³/mol. The Labute approximate surface area is 197 Å². The molecular weight excluding hydrogens is 462 g/mol. The van der Waals surface area contributed by atoms with Gasteiger partial charge in [-0.25, -0.2) is 13.4 Å². The largest absolute Gasteiger partial charge is 0.493 e. The normalized spacial score (nSPS) is 14.6. The van der Waals surface area contributed by atoms with Gasteiger partial charge in [-0.3, -0.25) is 4.79 Å². The van der Waals surface area contributed by atoms with E-state index in [1.807, 2.05) is 5.38 Å². The highest BCUT2D eigenvalue weighted by molar-refractivity contribution is 7.89. The van der Waals surface area contributed by atoms with Gasteiger partial charge in [0.15, 0.2) is 11.5 Å². The molecule has 1 aliphatic rings. The monoisotopic (exact) mass is 487 g/mol. The van der Waals surface area contributed by atoms with Crippen LogP contribution >= 0.6 is 11.3 Å². The van der Waals surface area contributed by atoms with E-state index in [1.165, 1.54) is 34.9 Å². The molecule has 0 atom stereocenters. The number of benzene rings is 2. The van der Waals surface area contributed by atoms with Crippen LogP contribution < -0.4 is 14.8 Å². The molecule has 0 spiro atoms. The zero-order chi connectivity index (χ0) is 23.3. The maximum absolute atomic E-state index is 12.8. The third kappa shape index (κ3) is 5.52. The zero-order valence-corrected chi connectivity index (χ0v) is 19.8. The molecule has 1 saturated heterocycles. The molecule has 0 bridgehead atoms. The second-order valence-corrected chi connectivity index (χ2v) is 10.2. The first-order valence-electron chi connectivity index (χ1n) is 10.6. The van der Waals surface area contributed by atoms with E-state index in [9.17, 15) is 13.2 Å². The molecular formula is C23H25N3O5S2. The maximum atomic E-state index is 12.8. The maximum Gasteiger partial charge on any atom is 0.255 e. The third-order valence-corrected chi connectivity index (χ3v) is 7.90. The summed E-state index contributed by atoms with van der Waals surface area (Å²) in [4.78, 5) is 17.1. The van der Waals surface area contributed by atoms with Gasteiger partial charge < -0.3 is 14.8 Å². The molecule has 2 aromatic carbocycles. The number of ether oxygens (including phenoxy) is 2. The van der Waals surface area contributed by atoms with Crippen molar-refractivity contribution < 1.29 is 22.7 Å². The van der Waals surface area contributed by atoms with Crippen molar-refractivity contribution in [2.45, 2.75) is 30.8 Å². The van der Waals surface area contributed by atoms with Crippen molar-refractivity contribution >= 4 is 33.0 Å². The van der Waals surface area contributed by atoms with Crippen LogP contribution in [0.2, 0.25) is 0 Å². The van der Waals surface area contributed by atoms with Crippen LogP contribution in [0.4, 0.5) is 5.69 Å². The summed E-state index contributed by atoms with van der Waals surface area (Å²) in [7, 11) is -2.00. The van der Waals surface area contributed by atoms with Crippen molar-refractivity contribution in [3.63, 3.8) is 0 Å². The SMILES string of the molecule is COc1cc(C(=O)Nc2ccc(S(=O)(=O)N3CCCCC3)cc2)ccc1OCc1cscn1. The van der Waals surface area contributed by atoms with E-state index in [2.05, 4.69) is 10.3 Å². The van der Waals surface area contributed by atoms with Crippen LogP contribution in [0.3, 0.4) is 0 Å². The fourth-order valence-corrected chi connectivity index (χ4v) is 5.62. The molecule has 4 rings (SSSR count). The Bertz CT molecular complexity index is 1190. The minimum absolute atomic E-state index is 0.227. The van der Waals surface area contributed by atoms with Crippen molar-refractivity contribution in [2.75, 3.05) is 25.5 Å². The van der Waals surface area contributed by atoms with Gasteiger partial charge in [0.1, 0.15) is 6.61 Å². The summed E-state index contributed by atoms with van der Waals surface area (Å²) in [5, 5.41) is 4.69. The third-order valence-electron chi connectivity index (χ3n) is 5.35. The van der Waals surface area contributed by atoms with E-state index in [1.54, 1.807) is 35.8 Å². The number of anilines is 1. The summed E-state index contributed by atoms with van der Waals surface area (Å²) in [5.41, 5.74) is 3.44. The zero-order valence-electron chi connectivity index (χ0n) is 18.2. The van der Waals surface area contributed by atoms with Crippen molar-refractivity contribution in [2.24, 2.45) is 0 Å². The smallest absolute Gasteiger partial charge is 0.255 e. The molecule has 1 amide bonds. The number of nitrogens with zero attached hydrogens (tertiary/aromatic N) is 2. The van der Waals surface area contributed by atoms with Crippen molar-refractivity contribution in [1.29, 1.82) is 0 Å². The van der Waals surface area contributed by atoms with E-state index in [0.717, 1.165) is 25.0 Å². The van der Waals surface area contributed by atoms with E-state index in [0.29, 0.717) is 42.4 Å². The number of rotatable bonds is 8. The molecule has 1 aliphatic heterocycles. The summed E-state index contributed by atoms with van der Waals surface area (Å²) in [6, 6.07) is 11.2. The Hall–Kier alpha value is -2.95. The summed E-state index contributed by atoms with van der Waals surface area (Å²) >= 11 is 1.49. The van der Waals surface area contributed by atoms with Gasteiger partial charge in [-0.15, -0.1) is 11.3 Å². The van der Waals surface area contributed by atoms with Crippen LogP contribution in [0.5, 0.6) is 11.5 Å². The van der Waals surface area contributed by atoms with E-state index < -0.39 is 10.0 Å². The van der Waals surface area contributed by atoms with Gasteiger partial charge >= 0.3 is 0 Å². The Morgan fingerprint density at radius 2 is 1.85 bits per heavy atom. The number of carbonyl (C=O) groups excluding carboxylic acids is 1. The average Bonchev–Trinajstić information content (AvgIpc) is 3.37. The van der Waals surface area contributed by atoms with Gasteiger partial charge in [0.2, 0.25) is 10.0 Å². The fourth-order valence-electron chi connectivity index (χ4n) is 3.56. The Morgan fingerprint density at radius 1 is 1.09 bits per heavy atom. The van der Waals surface area contributed by atoms with Crippen LogP contribution in [0.25, 0.3) is 0 Å². The number of methoxy groups -OCH3 is 1. The van der Waals surface area contributed by atoms with Crippen LogP contribution in [0.1, 0.15) is 35.3 Å². The number of hydrogen-bond acceptors (Lipinski definition) is 7. The van der Waals surface area contributed by atoms with E-state index in [4.69, 9.17) is 9.47 Å². The number of thiazole rings is 1. The number of carbonyl (C=O) groups is 1. The first kappa shape index (κ1) is 23.2. The molecule has 0 radical (unpaired) electrons. The topological polar surface area (TPSA) is 97.8 Å². The number of sulfonamides is 1. The molecule has 8 nitrogen and oxygen atoms in total. The number of piperidine rings is 1. The van der Waals surface area contributed by atoms with Gasteiger partial charge in [-0.2, -0.15) is 4.31 Å². The second kappa shape index (κ2) is 10.3. The van der Waals surface area contributed by atoms with Gasteiger partial charge in [-0.1, -0.05) is 6.42 Å². The summed E-state index contributed by atoms with van der Waals surface area (Å²) in [6.07, 6.45) is 2.82. The number of nitrogens with one attached hydrogen (secondary N) is 1. The van der Waals surface area contributed by atoms with E-state index in [-0.39, 0.29) is 10.8 Å². The molecule has 3 aromatic rings. The van der Waals surface area contributed by atoms with Crippen molar-refractivity contribution in [1.82, 2.24) is 9.29 Å². The first-order valence-corrected chi connectivity index (χ1v) is 12.9. The van der Waals surface area contributed by atoms with E-state index >= 15 is 0 Å². The molecule has 33 heavy (non-hydrogen) atoms. The molecule has 2 heterocycles. The predicted octanol–water partition coefficient (Wildman–Crippen LogP) is 4.16. The molecule has 1 N–H and O–H groups in total. The fraction of sp³-hybridized carbons (Fsp3) is 0.304. The lowest BCUT2D eigenvalue weighted by molar-refractivity contribution is 0.102. The highest BCUT2D eigenvalue weighted by Gasteiger charge is 2.25. The molecule has 0 saturated carbocycles. The van der Waals surface area contributed by atoms with Gasteiger partial charge in [-0.05, 0) is 55.3 Å². The number of hydrogen-bond donors (Lipinski definition) is 1. The van der Waals surface area contributed by atoms with Gasteiger partial charge in [0.05, 0.1) is 23.2 Å². The number of aromatic nitrogens is 1. The molecule has 10 heteroatoms. The summed E-state index contributed by atoms with van der Waals surface area (Å²) in [5.74, 6) is 0.598. The van der Waals surface area contributed by atoms with Crippen molar-refractivity contribution in [3.8, 4) is 11.5 Å². The lowest BCUT2D eigenvalue weighted by atomic mass is 10.2. The Kier molecular flexibility index (Phi) is 7.26. The lowest BCUT2D eigenvalue weighted by Gasteiger charge is -2.25. The molecule has 174 valence electrons. The van der Waals surface area contributed by atoms with Gasteiger partial charge in [0.25, 0.3) is 5.91 Å². The highest BCUT2D eigenvalue weighted by Crippen LogP contribution is 2.29. The number of amides is 1. The van der Waals surface area contributed by atoms with Crippen LogP contribution in [-0.2, 0) is 16.6 Å². The summed E-state index contributed by atoms with van der Waals surface area (Å²) in [6.45, 7) is 1.40. The van der Waals surface area contributed by atoms with Crippen LogP contribution in [-0.4, -0.2) is 43.8 Å². The minimum Gasteiger partial charge on any atom is -0.493 e. The van der Waals surface area contributed by atoms with Crippen LogP contribution in [0, 0.1) is 0 Å². The standard InChI is InChI=1S/C23H25N3O5S2/c1-30-22-13-17(5-10-21(22)31-14-19-15-32-16-24-19)23(27)25-18-6-8-20(9-7-18)33(28,29)26-11-3-2-4-12-26/h5-10,13,15-16H,2-4,11-12,14H2,1H3,(H,25,27). The molecule has 1 aromatic heterocycles. The minimum atomic E-state index is -3.51. The summed E-state index contributed by atoms with van der Waals surface area (Å²) < 4.78 is 38.2. The molecule has 0 unspecified atom stereocenters.